The molecule has 0 bridgehead atoms. The quantitative estimate of drug-likeness (QED) is 0.646. The Morgan fingerprint density at radius 2 is 1.69 bits per heavy atom. The number of sulfonamides is 1. The van der Waals surface area contributed by atoms with E-state index >= 15 is 0 Å². The summed E-state index contributed by atoms with van der Waals surface area (Å²) in [6.07, 6.45) is 1.09. The number of aryl methyl sites for hydroxylation is 3. The minimum absolute atomic E-state index is 0.319. The van der Waals surface area contributed by atoms with Gasteiger partial charge in [-0.2, -0.15) is 0 Å². The van der Waals surface area contributed by atoms with E-state index in [0.29, 0.717) is 15.8 Å². The van der Waals surface area contributed by atoms with Crippen molar-refractivity contribution in [3.05, 3.63) is 59.2 Å². The standard InChI is InChI=1S/C20H22N4O3S2/c1-13-10-14(2)18(15(3)11-13)24(29(4,26)27)12-17(25)21-20-23-22-19(28-20)16-8-6-5-7-9-16/h5-11H,12H2,1-4H3,(H,21,23,25). The predicted molar refractivity (Wildman–Crippen MR) is 117 cm³/mol. The van der Waals surface area contributed by atoms with Crippen molar-refractivity contribution in [1.29, 1.82) is 0 Å². The highest BCUT2D eigenvalue weighted by atomic mass is 32.2. The third-order valence-electron chi connectivity index (χ3n) is 4.26. The van der Waals surface area contributed by atoms with E-state index in [1.165, 1.54) is 11.3 Å². The first-order valence-electron chi connectivity index (χ1n) is 8.89. The van der Waals surface area contributed by atoms with Crippen LogP contribution in [0.25, 0.3) is 10.6 Å². The zero-order valence-electron chi connectivity index (χ0n) is 16.6. The Balaban J connectivity index is 1.81. The fraction of sp³-hybridized carbons (Fsp3) is 0.250. The third kappa shape index (κ3) is 4.99. The highest BCUT2D eigenvalue weighted by Gasteiger charge is 2.24. The van der Waals surface area contributed by atoms with Crippen LogP contribution < -0.4 is 9.62 Å². The van der Waals surface area contributed by atoms with E-state index in [2.05, 4.69) is 15.5 Å². The average molecular weight is 431 g/mol. The lowest BCUT2D eigenvalue weighted by atomic mass is 10.1. The van der Waals surface area contributed by atoms with Gasteiger partial charge in [-0.15, -0.1) is 10.2 Å². The summed E-state index contributed by atoms with van der Waals surface area (Å²) in [6, 6.07) is 13.3. The lowest BCUT2D eigenvalue weighted by Gasteiger charge is -2.25. The molecule has 0 saturated carbocycles. The molecule has 0 fully saturated rings. The van der Waals surface area contributed by atoms with Gasteiger partial charge in [0, 0.05) is 5.56 Å². The lowest BCUT2D eigenvalue weighted by Crippen LogP contribution is -2.38. The number of hydrogen-bond donors (Lipinski definition) is 1. The molecular weight excluding hydrogens is 408 g/mol. The molecule has 0 saturated heterocycles. The predicted octanol–water partition coefficient (Wildman–Crippen LogP) is 3.54. The molecular formula is C20H22N4O3S2. The molecule has 0 aliphatic rings. The minimum atomic E-state index is -3.66. The van der Waals surface area contributed by atoms with Crippen LogP contribution in [0.3, 0.4) is 0 Å². The van der Waals surface area contributed by atoms with Crippen molar-refractivity contribution in [1.82, 2.24) is 10.2 Å². The Labute approximate surface area is 174 Å². The highest BCUT2D eigenvalue weighted by molar-refractivity contribution is 7.92. The van der Waals surface area contributed by atoms with Crippen LogP contribution in [0.1, 0.15) is 16.7 Å². The molecule has 0 radical (unpaired) electrons. The van der Waals surface area contributed by atoms with E-state index in [9.17, 15) is 13.2 Å². The number of nitrogens with one attached hydrogen (secondary N) is 1. The number of hydrogen-bond acceptors (Lipinski definition) is 6. The van der Waals surface area contributed by atoms with E-state index in [1.807, 2.05) is 63.2 Å². The van der Waals surface area contributed by atoms with Crippen LogP contribution in [0.5, 0.6) is 0 Å². The van der Waals surface area contributed by atoms with E-state index in [1.54, 1.807) is 0 Å². The van der Waals surface area contributed by atoms with Gasteiger partial charge in [0.25, 0.3) is 0 Å². The molecule has 0 atom stereocenters. The molecule has 1 aromatic heterocycles. The van der Waals surface area contributed by atoms with E-state index in [-0.39, 0.29) is 6.54 Å². The summed E-state index contributed by atoms with van der Waals surface area (Å²) in [5.74, 6) is -0.481. The van der Waals surface area contributed by atoms with Gasteiger partial charge in [-0.1, -0.05) is 59.4 Å². The van der Waals surface area contributed by atoms with Gasteiger partial charge in [0.05, 0.1) is 11.9 Å². The van der Waals surface area contributed by atoms with Gasteiger partial charge >= 0.3 is 0 Å². The molecule has 0 aliphatic carbocycles. The topological polar surface area (TPSA) is 92.3 Å². The van der Waals surface area contributed by atoms with Crippen molar-refractivity contribution < 1.29 is 13.2 Å². The summed E-state index contributed by atoms with van der Waals surface area (Å²) < 4.78 is 26.0. The highest BCUT2D eigenvalue weighted by Crippen LogP contribution is 2.29. The second-order valence-corrected chi connectivity index (χ2v) is 9.73. The SMILES string of the molecule is Cc1cc(C)c(N(CC(=O)Nc2nnc(-c3ccccc3)s2)S(C)(=O)=O)c(C)c1. The second kappa shape index (κ2) is 8.30. The van der Waals surface area contributed by atoms with E-state index in [0.717, 1.165) is 32.8 Å². The molecule has 29 heavy (non-hydrogen) atoms. The number of carbonyl (C=O) groups excluding carboxylic acids is 1. The monoisotopic (exact) mass is 430 g/mol. The van der Waals surface area contributed by atoms with Crippen molar-refractivity contribution >= 4 is 38.1 Å². The lowest BCUT2D eigenvalue weighted by molar-refractivity contribution is -0.114. The van der Waals surface area contributed by atoms with E-state index in [4.69, 9.17) is 0 Å². The van der Waals surface area contributed by atoms with Crippen molar-refractivity contribution in [2.75, 3.05) is 22.4 Å². The molecule has 7 nitrogen and oxygen atoms in total. The molecule has 152 valence electrons. The first-order valence-corrected chi connectivity index (χ1v) is 11.6. The van der Waals surface area contributed by atoms with Crippen LogP contribution in [0.15, 0.2) is 42.5 Å². The molecule has 0 aliphatic heterocycles. The summed E-state index contributed by atoms with van der Waals surface area (Å²) in [5.41, 5.74) is 4.04. The Morgan fingerprint density at radius 3 is 2.28 bits per heavy atom. The summed E-state index contributed by atoms with van der Waals surface area (Å²) in [6.45, 7) is 5.27. The molecule has 2 aromatic carbocycles. The van der Waals surface area contributed by atoms with Gasteiger partial charge in [-0.05, 0) is 31.9 Å². The molecule has 3 rings (SSSR count). The molecule has 9 heteroatoms. The maximum absolute atomic E-state index is 12.6. The molecule has 1 N–H and O–H groups in total. The zero-order chi connectivity index (χ0) is 21.2. The van der Waals surface area contributed by atoms with Crippen LogP contribution in [0, 0.1) is 20.8 Å². The van der Waals surface area contributed by atoms with E-state index < -0.39 is 15.9 Å². The number of amides is 1. The molecule has 1 heterocycles. The first kappa shape index (κ1) is 20.9. The molecule has 0 unspecified atom stereocenters. The number of aromatic nitrogens is 2. The largest absolute Gasteiger partial charge is 0.299 e. The van der Waals surface area contributed by atoms with Crippen LogP contribution in [0.2, 0.25) is 0 Å². The summed E-state index contributed by atoms with van der Waals surface area (Å²) in [5, 5.41) is 11.7. The van der Waals surface area contributed by atoms with Crippen LogP contribution in [0.4, 0.5) is 10.8 Å². The van der Waals surface area contributed by atoms with Gasteiger partial charge in [0.15, 0.2) is 0 Å². The third-order valence-corrected chi connectivity index (χ3v) is 6.26. The number of anilines is 2. The van der Waals surface area contributed by atoms with Crippen molar-refractivity contribution in [3.63, 3.8) is 0 Å². The molecule has 3 aromatic rings. The smallest absolute Gasteiger partial charge is 0.246 e. The first-order chi connectivity index (χ1) is 13.6. The number of carbonyl (C=O) groups is 1. The normalized spacial score (nSPS) is 11.3. The number of nitrogens with zero attached hydrogens (tertiary/aromatic N) is 3. The van der Waals surface area contributed by atoms with Crippen LogP contribution in [-0.4, -0.2) is 37.3 Å². The van der Waals surface area contributed by atoms with Gasteiger partial charge < -0.3 is 0 Å². The maximum Gasteiger partial charge on any atom is 0.246 e. The van der Waals surface area contributed by atoms with Crippen LogP contribution >= 0.6 is 11.3 Å². The summed E-state index contributed by atoms with van der Waals surface area (Å²) >= 11 is 1.23. The summed E-state index contributed by atoms with van der Waals surface area (Å²) in [7, 11) is -3.66. The second-order valence-electron chi connectivity index (χ2n) is 6.84. The summed E-state index contributed by atoms with van der Waals surface area (Å²) in [4.78, 5) is 12.6. The maximum atomic E-state index is 12.6. The van der Waals surface area contributed by atoms with Crippen molar-refractivity contribution in [2.24, 2.45) is 0 Å². The Hall–Kier alpha value is -2.78. The Morgan fingerprint density at radius 1 is 1.07 bits per heavy atom. The van der Waals surface area contributed by atoms with Crippen molar-refractivity contribution in [2.45, 2.75) is 20.8 Å². The molecule has 1 amide bonds. The van der Waals surface area contributed by atoms with Gasteiger partial charge in [-0.25, -0.2) is 8.42 Å². The fourth-order valence-corrected chi connectivity index (χ4v) is 4.92. The minimum Gasteiger partial charge on any atom is -0.299 e. The average Bonchev–Trinajstić information content (AvgIpc) is 3.08. The van der Waals surface area contributed by atoms with Crippen molar-refractivity contribution in [3.8, 4) is 10.6 Å². The number of benzene rings is 2. The fourth-order valence-electron chi connectivity index (χ4n) is 3.19. The van der Waals surface area contributed by atoms with Gasteiger partial charge in [0.1, 0.15) is 11.6 Å². The molecule has 0 spiro atoms. The number of rotatable bonds is 6. The van der Waals surface area contributed by atoms with Gasteiger partial charge in [0.2, 0.25) is 21.1 Å². The Kier molecular flexibility index (Phi) is 5.99. The Bertz CT molecular complexity index is 1120. The van der Waals surface area contributed by atoms with Crippen LogP contribution in [-0.2, 0) is 14.8 Å². The zero-order valence-corrected chi connectivity index (χ0v) is 18.3. The van der Waals surface area contributed by atoms with Gasteiger partial charge in [-0.3, -0.25) is 14.4 Å².